The average molecular weight is 372 g/mol. The van der Waals surface area contributed by atoms with Gasteiger partial charge in [-0.3, -0.25) is 0 Å². The molecule has 1 rings (SSSR count). The van der Waals surface area contributed by atoms with Crippen molar-refractivity contribution in [3.63, 3.8) is 0 Å². The lowest BCUT2D eigenvalue weighted by molar-refractivity contribution is 0.462. The van der Waals surface area contributed by atoms with Crippen LogP contribution in [-0.2, 0) is 10.0 Å². The molecule has 0 heterocycles. The Hall–Kier alpha value is -0.320. The normalized spacial score (nSPS) is 11.6. The first kappa shape index (κ1) is 15.7. The van der Waals surface area contributed by atoms with Gasteiger partial charge in [0.2, 0.25) is 10.0 Å². The molecule has 0 aliphatic rings. The van der Waals surface area contributed by atoms with E-state index in [9.17, 15) is 8.42 Å². The van der Waals surface area contributed by atoms with E-state index in [1.54, 1.807) is 13.0 Å². The highest BCUT2D eigenvalue weighted by atomic mass is 79.9. The molecular weight excluding hydrogens is 363 g/mol. The van der Waals surface area contributed by atoms with E-state index in [4.69, 9.17) is 28.5 Å². The molecule has 0 spiro atoms. The predicted molar refractivity (Wildman–Crippen MR) is 74.2 cm³/mol. The van der Waals surface area contributed by atoms with Crippen LogP contribution in [0.5, 0.6) is 0 Å². The quantitative estimate of drug-likeness (QED) is 0.763. The van der Waals surface area contributed by atoms with E-state index in [1.165, 1.54) is 12.1 Å². The van der Waals surface area contributed by atoms with Crippen molar-refractivity contribution in [2.45, 2.75) is 11.8 Å². The van der Waals surface area contributed by atoms with Gasteiger partial charge in [0, 0.05) is 11.0 Å². The summed E-state index contributed by atoms with van der Waals surface area (Å²) in [5, 5.41) is 8.67. The van der Waals surface area contributed by atoms with Crippen LogP contribution in [0.4, 0.5) is 0 Å². The summed E-state index contributed by atoms with van der Waals surface area (Å²) in [6, 6.07) is 4.69. The maximum absolute atomic E-state index is 12.3. The van der Waals surface area contributed by atoms with E-state index in [2.05, 4.69) is 15.9 Å². The third-order valence-electron chi connectivity index (χ3n) is 2.16. The number of hydrogen-bond donors (Lipinski definition) is 0. The minimum absolute atomic E-state index is 0.0192. The third kappa shape index (κ3) is 3.16. The summed E-state index contributed by atoms with van der Waals surface area (Å²) in [6.45, 7) is 1.55. The first-order chi connectivity index (χ1) is 8.34. The molecule has 0 N–H and O–H groups in total. The second-order valence-corrected chi connectivity index (χ2v) is 6.89. The van der Waals surface area contributed by atoms with Crippen LogP contribution in [0.15, 0.2) is 21.5 Å². The van der Waals surface area contributed by atoms with Crippen LogP contribution >= 0.6 is 39.1 Å². The molecule has 1 aromatic carbocycles. The molecule has 0 amide bonds. The second-order valence-electron chi connectivity index (χ2n) is 3.29. The molecule has 0 unspecified atom stereocenters. The Bertz CT molecular complexity index is 575. The maximum atomic E-state index is 12.3. The Morgan fingerprint density at radius 1 is 1.39 bits per heavy atom. The van der Waals surface area contributed by atoms with Gasteiger partial charge in [-0.25, -0.2) is 8.42 Å². The Balaban J connectivity index is 3.42. The lowest BCUT2D eigenvalue weighted by Crippen LogP contribution is -2.31. The molecule has 18 heavy (non-hydrogen) atoms. The van der Waals surface area contributed by atoms with Crippen LogP contribution < -0.4 is 0 Å². The van der Waals surface area contributed by atoms with Crippen molar-refractivity contribution < 1.29 is 8.42 Å². The van der Waals surface area contributed by atoms with Crippen molar-refractivity contribution in [2.75, 3.05) is 13.1 Å². The Labute approximate surface area is 124 Å². The van der Waals surface area contributed by atoms with Crippen molar-refractivity contribution >= 4 is 49.2 Å². The fraction of sp³-hybridized carbons (Fsp3) is 0.300. The van der Waals surface area contributed by atoms with Gasteiger partial charge in [-0.15, -0.1) is 0 Å². The first-order valence-corrected chi connectivity index (χ1v) is 7.85. The first-order valence-electron chi connectivity index (χ1n) is 4.86. The van der Waals surface area contributed by atoms with Gasteiger partial charge >= 0.3 is 0 Å². The van der Waals surface area contributed by atoms with Gasteiger partial charge in [-0.05, 0) is 12.1 Å². The molecular formula is C10H9BrCl2N2O2S. The number of benzene rings is 1. The minimum Gasteiger partial charge on any atom is -0.207 e. The fourth-order valence-corrected chi connectivity index (χ4v) is 4.58. The van der Waals surface area contributed by atoms with Crippen molar-refractivity contribution in [3.8, 4) is 6.07 Å². The number of halogens is 3. The predicted octanol–water partition coefficient (Wildman–Crippen LogP) is 3.29. The molecule has 0 aromatic heterocycles. The van der Waals surface area contributed by atoms with Crippen LogP contribution in [0, 0.1) is 11.3 Å². The molecule has 0 aliphatic carbocycles. The summed E-state index contributed by atoms with van der Waals surface area (Å²) in [6.07, 6.45) is 0. The highest BCUT2D eigenvalue weighted by Gasteiger charge is 2.28. The number of hydrogen-bond acceptors (Lipinski definition) is 3. The van der Waals surface area contributed by atoms with Crippen LogP contribution in [0.3, 0.4) is 0 Å². The summed E-state index contributed by atoms with van der Waals surface area (Å²) < 4.78 is 26.2. The number of nitriles is 1. The molecule has 8 heteroatoms. The summed E-state index contributed by atoms with van der Waals surface area (Å²) in [7, 11) is -3.87. The highest BCUT2D eigenvalue weighted by molar-refractivity contribution is 9.10. The Kier molecular flexibility index (Phi) is 5.44. The van der Waals surface area contributed by atoms with E-state index in [0.717, 1.165) is 4.31 Å². The van der Waals surface area contributed by atoms with Crippen molar-refractivity contribution in [1.82, 2.24) is 4.31 Å². The smallest absolute Gasteiger partial charge is 0.207 e. The molecule has 1 aromatic rings. The molecule has 0 radical (unpaired) electrons. The summed E-state index contributed by atoms with van der Waals surface area (Å²) in [5.74, 6) is 0. The van der Waals surface area contributed by atoms with Crippen LogP contribution in [0.25, 0.3) is 0 Å². The van der Waals surface area contributed by atoms with Gasteiger partial charge in [0.1, 0.15) is 11.4 Å². The number of sulfonamides is 1. The van der Waals surface area contributed by atoms with Gasteiger partial charge in [0.25, 0.3) is 0 Å². The van der Waals surface area contributed by atoms with E-state index in [0.29, 0.717) is 4.47 Å². The zero-order valence-electron chi connectivity index (χ0n) is 9.32. The zero-order chi connectivity index (χ0) is 13.9. The Morgan fingerprint density at radius 2 is 1.89 bits per heavy atom. The van der Waals surface area contributed by atoms with Gasteiger partial charge < -0.3 is 0 Å². The molecule has 4 nitrogen and oxygen atoms in total. The molecule has 0 bridgehead atoms. The fourth-order valence-electron chi connectivity index (χ4n) is 1.35. The van der Waals surface area contributed by atoms with Crippen molar-refractivity contribution in [3.05, 3.63) is 26.7 Å². The summed E-state index contributed by atoms with van der Waals surface area (Å²) >= 11 is 15.0. The third-order valence-corrected chi connectivity index (χ3v) is 5.46. The van der Waals surface area contributed by atoms with Crippen LogP contribution in [0.1, 0.15) is 6.92 Å². The molecule has 0 saturated heterocycles. The van der Waals surface area contributed by atoms with Crippen LogP contribution in [0.2, 0.25) is 10.0 Å². The number of rotatable bonds is 4. The molecule has 0 aliphatic heterocycles. The van der Waals surface area contributed by atoms with E-state index >= 15 is 0 Å². The SMILES string of the molecule is CCN(CC#N)S(=O)(=O)c1c(Cl)cc(Br)cc1Cl. The van der Waals surface area contributed by atoms with E-state index < -0.39 is 10.0 Å². The Morgan fingerprint density at radius 3 is 2.28 bits per heavy atom. The number of nitrogens with zero attached hydrogens (tertiary/aromatic N) is 2. The van der Waals surface area contributed by atoms with Crippen LogP contribution in [-0.4, -0.2) is 25.8 Å². The van der Waals surface area contributed by atoms with Gasteiger partial charge in [-0.2, -0.15) is 9.57 Å². The standard InChI is InChI=1S/C10H9BrCl2N2O2S/c1-2-15(4-3-14)18(16,17)10-8(12)5-7(11)6-9(10)13/h5-6H,2,4H2,1H3. The molecule has 0 fully saturated rings. The highest BCUT2D eigenvalue weighted by Crippen LogP contribution is 2.34. The topological polar surface area (TPSA) is 61.2 Å². The lowest BCUT2D eigenvalue weighted by atomic mass is 10.4. The minimum atomic E-state index is -3.87. The van der Waals surface area contributed by atoms with Gasteiger partial charge in [-0.1, -0.05) is 46.1 Å². The largest absolute Gasteiger partial charge is 0.246 e. The summed E-state index contributed by atoms with van der Waals surface area (Å²) in [4.78, 5) is -0.175. The average Bonchev–Trinajstić information content (AvgIpc) is 2.23. The summed E-state index contributed by atoms with van der Waals surface area (Å²) in [5.41, 5.74) is 0. The monoisotopic (exact) mass is 370 g/mol. The van der Waals surface area contributed by atoms with E-state index in [-0.39, 0.29) is 28.0 Å². The van der Waals surface area contributed by atoms with Gasteiger partial charge in [0.15, 0.2) is 0 Å². The zero-order valence-corrected chi connectivity index (χ0v) is 13.2. The molecule has 0 saturated carbocycles. The van der Waals surface area contributed by atoms with Gasteiger partial charge in [0.05, 0.1) is 16.1 Å². The van der Waals surface area contributed by atoms with Crippen molar-refractivity contribution in [2.24, 2.45) is 0 Å². The van der Waals surface area contributed by atoms with Crippen molar-refractivity contribution in [1.29, 1.82) is 5.26 Å². The van der Waals surface area contributed by atoms with E-state index in [1.807, 2.05) is 0 Å². The molecule has 98 valence electrons. The second kappa shape index (κ2) is 6.22. The molecule has 0 atom stereocenters. The lowest BCUT2D eigenvalue weighted by Gasteiger charge is -2.19. The maximum Gasteiger partial charge on any atom is 0.246 e.